The van der Waals surface area contributed by atoms with Crippen molar-refractivity contribution in [2.45, 2.75) is 148 Å². The Hall–Kier alpha value is -2.81. The number of phosphoric acid groups is 1. The molecule has 0 saturated carbocycles. The van der Waals surface area contributed by atoms with E-state index in [9.17, 15) is 19.3 Å². The van der Waals surface area contributed by atoms with Crippen molar-refractivity contribution in [1.29, 1.82) is 0 Å². The zero-order valence-corrected chi connectivity index (χ0v) is 32.2. The van der Waals surface area contributed by atoms with Gasteiger partial charge in [0.05, 0.1) is 12.7 Å². The summed E-state index contributed by atoms with van der Waals surface area (Å²) in [7, 11) is -4.78. The van der Waals surface area contributed by atoms with Crippen molar-refractivity contribution in [3.05, 3.63) is 85.1 Å². The van der Waals surface area contributed by atoms with Gasteiger partial charge in [0.2, 0.25) is 0 Å². The molecule has 0 bridgehead atoms. The first-order valence-electron chi connectivity index (χ1n) is 19.0. The van der Waals surface area contributed by atoms with Crippen molar-refractivity contribution >= 4 is 19.8 Å². The van der Waals surface area contributed by atoms with E-state index in [1.165, 1.54) is 19.3 Å². The molecule has 0 amide bonds. The molecule has 0 radical (unpaired) electrons. The Morgan fingerprint density at radius 1 is 0.627 bits per heavy atom. The van der Waals surface area contributed by atoms with E-state index >= 15 is 0 Å². The zero-order valence-electron chi connectivity index (χ0n) is 31.3. The Balaban J connectivity index is 4.15. The van der Waals surface area contributed by atoms with Gasteiger partial charge in [0.25, 0.3) is 0 Å². The van der Waals surface area contributed by atoms with Gasteiger partial charge in [-0.25, -0.2) is 4.57 Å². The molecule has 3 N–H and O–H groups in total. The smallest absolute Gasteiger partial charge is 0.462 e. The fourth-order valence-electron chi connectivity index (χ4n) is 4.63. The summed E-state index contributed by atoms with van der Waals surface area (Å²) < 4.78 is 26.2. The van der Waals surface area contributed by atoms with Crippen LogP contribution in [-0.4, -0.2) is 52.3 Å². The van der Waals surface area contributed by atoms with Crippen LogP contribution in [0.2, 0.25) is 0 Å². The molecule has 0 aromatic heterocycles. The lowest BCUT2D eigenvalue weighted by atomic mass is 10.1. The molecule has 0 aliphatic carbocycles. The SMILES string of the molecule is CC/C=C\C(O)C/C=C/C=C\C/C=C\C/C=C\CCCC(=O)OC[C@H](COP(=O)(O)O)OC(=O)CCCCCCC/C=C\C/C=C\CCCCC. The first-order valence-corrected chi connectivity index (χ1v) is 20.5. The molecule has 1 unspecified atom stereocenters. The van der Waals surface area contributed by atoms with Crippen LogP contribution >= 0.6 is 7.82 Å². The molecule has 0 aromatic carbocycles. The Bertz CT molecular complexity index is 1110. The quantitative estimate of drug-likeness (QED) is 0.0198. The molecule has 0 aliphatic rings. The summed E-state index contributed by atoms with van der Waals surface area (Å²) in [6.07, 6.45) is 43.6. The van der Waals surface area contributed by atoms with E-state index in [0.29, 0.717) is 25.7 Å². The lowest BCUT2D eigenvalue weighted by Crippen LogP contribution is -2.29. The summed E-state index contributed by atoms with van der Waals surface area (Å²) in [5.74, 6) is -1.00. The van der Waals surface area contributed by atoms with E-state index in [2.05, 4.69) is 47.9 Å². The fourth-order valence-corrected chi connectivity index (χ4v) is 4.99. The van der Waals surface area contributed by atoms with Crippen molar-refractivity contribution in [2.75, 3.05) is 13.2 Å². The lowest BCUT2D eigenvalue weighted by Gasteiger charge is -2.18. The number of ether oxygens (including phenoxy) is 2. The van der Waals surface area contributed by atoms with Crippen LogP contribution in [0.25, 0.3) is 0 Å². The number of hydrogen-bond donors (Lipinski definition) is 3. The van der Waals surface area contributed by atoms with Gasteiger partial charge in [-0.2, -0.15) is 0 Å². The van der Waals surface area contributed by atoms with Crippen LogP contribution in [0.1, 0.15) is 136 Å². The maximum Gasteiger partial charge on any atom is 0.469 e. The second kappa shape index (κ2) is 35.6. The summed E-state index contributed by atoms with van der Waals surface area (Å²) in [4.78, 5) is 42.7. The normalized spacial score (nSPS) is 14.1. The minimum absolute atomic E-state index is 0.163. The van der Waals surface area contributed by atoms with Crippen molar-refractivity contribution in [2.24, 2.45) is 0 Å². The van der Waals surface area contributed by atoms with Gasteiger partial charge in [0, 0.05) is 12.8 Å². The van der Waals surface area contributed by atoms with Crippen molar-refractivity contribution in [1.82, 2.24) is 0 Å². The van der Waals surface area contributed by atoms with Crippen LogP contribution in [0, 0.1) is 0 Å². The molecular weight excluding hydrogens is 667 g/mol. The van der Waals surface area contributed by atoms with Gasteiger partial charge in [-0.1, -0.05) is 131 Å². The summed E-state index contributed by atoms with van der Waals surface area (Å²) >= 11 is 0. The van der Waals surface area contributed by atoms with Crippen LogP contribution < -0.4 is 0 Å². The highest BCUT2D eigenvalue weighted by molar-refractivity contribution is 7.46. The van der Waals surface area contributed by atoms with Gasteiger partial charge < -0.3 is 24.4 Å². The van der Waals surface area contributed by atoms with Crippen molar-refractivity contribution < 1.29 is 43.0 Å². The molecule has 2 atom stereocenters. The minimum atomic E-state index is -4.78. The van der Waals surface area contributed by atoms with Crippen LogP contribution in [-0.2, 0) is 28.2 Å². The van der Waals surface area contributed by atoms with Gasteiger partial charge in [0.15, 0.2) is 6.10 Å². The highest BCUT2D eigenvalue weighted by Crippen LogP contribution is 2.35. The standard InChI is InChI=1S/C41H67O9P/c1-3-5-7-8-9-10-11-12-13-14-19-22-25-28-31-35-41(44)50-39(37-49-51(45,46)47)36-48-40(43)34-30-27-24-21-18-16-15-17-20-23-26-29-33-38(42)32-6-4-2/h6,9-10,12-13,15-16,20-21,23-24,26,29,32,38-39,42H,3-5,7-8,11,14,17-19,22,25,27-28,30-31,33-37H2,1-2H3,(H2,45,46,47)/b10-9-,13-12-,16-15-,23-20-,24-21-,29-26+,32-6-/t38?,39-/m1/s1. The van der Waals surface area contributed by atoms with E-state index in [4.69, 9.17) is 19.3 Å². The summed E-state index contributed by atoms with van der Waals surface area (Å²) in [5, 5.41) is 9.73. The Kier molecular flexibility index (Phi) is 33.6. The molecule has 0 fully saturated rings. The number of rotatable bonds is 33. The summed E-state index contributed by atoms with van der Waals surface area (Å²) in [6, 6.07) is 0. The Morgan fingerprint density at radius 3 is 1.82 bits per heavy atom. The third-order valence-electron chi connectivity index (χ3n) is 7.47. The molecule has 0 aromatic rings. The topological polar surface area (TPSA) is 140 Å². The van der Waals surface area contributed by atoms with E-state index in [-0.39, 0.29) is 19.4 Å². The molecule has 0 rings (SSSR count). The Labute approximate surface area is 308 Å². The third kappa shape index (κ3) is 38.3. The average Bonchev–Trinajstić information content (AvgIpc) is 3.09. The second-order valence-corrected chi connectivity index (χ2v) is 13.6. The number of aliphatic hydroxyl groups excluding tert-OH is 1. The van der Waals surface area contributed by atoms with Gasteiger partial charge >= 0.3 is 19.8 Å². The molecule has 51 heavy (non-hydrogen) atoms. The van der Waals surface area contributed by atoms with E-state index in [0.717, 1.165) is 64.2 Å². The number of unbranched alkanes of at least 4 members (excludes halogenated alkanes) is 9. The van der Waals surface area contributed by atoms with E-state index < -0.39 is 38.6 Å². The van der Waals surface area contributed by atoms with Crippen molar-refractivity contribution in [3.8, 4) is 0 Å². The van der Waals surface area contributed by atoms with Crippen LogP contribution in [0.4, 0.5) is 0 Å². The number of allylic oxidation sites excluding steroid dienone is 12. The molecule has 290 valence electrons. The number of esters is 2. The van der Waals surface area contributed by atoms with Crippen LogP contribution in [0.15, 0.2) is 85.1 Å². The monoisotopic (exact) mass is 734 g/mol. The Morgan fingerprint density at radius 2 is 1.18 bits per heavy atom. The first-order chi connectivity index (χ1) is 24.7. The molecule has 0 saturated heterocycles. The van der Waals surface area contributed by atoms with E-state index in [1.54, 1.807) is 0 Å². The van der Waals surface area contributed by atoms with Gasteiger partial charge in [-0.05, 0) is 77.0 Å². The van der Waals surface area contributed by atoms with Gasteiger partial charge in [-0.15, -0.1) is 0 Å². The predicted molar refractivity (Wildman–Crippen MR) is 208 cm³/mol. The number of hydrogen-bond acceptors (Lipinski definition) is 7. The summed E-state index contributed by atoms with van der Waals surface area (Å²) in [6.45, 7) is 3.33. The van der Waals surface area contributed by atoms with Crippen LogP contribution in [0.5, 0.6) is 0 Å². The van der Waals surface area contributed by atoms with E-state index in [1.807, 2.05) is 55.5 Å². The highest BCUT2D eigenvalue weighted by Gasteiger charge is 2.22. The largest absolute Gasteiger partial charge is 0.469 e. The van der Waals surface area contributed by atoms with Crippen LogP contribution in [0.3, 0.4) is 0 Å². The molecule has 9 nitrogen and oxygen atoms in total. The maximum atomic E-state index is 12.4. The van der Waals surface area contributed by atoms with Gasteiger partial charge in [-0.3, -0.25) is 14.1 Å². The average molecular weight is 735 g/mol. The molecule has 0 aliphatic heterocycles. The molecular formula is C41H67O9P. The molecule has 0 heterocycles. The predicted octanol–water partition coefficient (Wildman–Crippen LogP) is 10.3. The summed E-state index contributed by atoms with van der Waals surface area (Å²) in [5.41, 5.74) is 0. The number of carbonyl (C=O) groups is 2. The number of aliphatic hydroxyl groups is 1. The second-order valence-electron chi connectivity index (χ2n) is 12.4. The highest BCUT2D eigenvalue weighted by atomic mass is 31.2. The molecule has 10 heteroatoms. The maximum absolute atomic E-state index is 12.4. The zero-order chi connectivity index (χ0) is 37.7. The molecule has 0 spiro atoms. The minimum Gasteiger partial charge on any atom is -0.462 e. The third-order valence-corrected chi connectivity index (χ3v) is 7.96. The first kappa shape index (κ1) is 48.2. The van der Waals surface area contributed by atoms with Crippen molar-refractivity contribution in [3.63, 3.8) is 0 Å². The van der Waals surface area contributed by atoms with Gasteiger partial charge in [0.1, 0.15) is 6.61 Å². The lowest BCUT2D eigenvalue weighted by molar-refractivity contribution is -0.161. The fraction of sp³-hybridized carbons (Fsp3) is 0.610. The number of phosphoric ester groups is 1. The number of carbonyl (C=O) groups excluding carboxylic acids is 2.